The second-order valence-electron chi connectivity index (χ2n) is 7.23. The Labute approximate surface area is 157 Å². The van der Waals surface area contributed by atoms with Gasteiger partial charge in [0.1, 0.15) is 6.04 Å². The van der Waals surface area contributed by atoms with Gasteiger partial charge < -0.3 is 10.4 Å². The highest BCUT2D eigenvalue weighted by Gasteiger charge is 2.39. The van der Waals surface area contributed by atoms with Gasteiger partial charge in [0, 0.05) is 19.2 Å². The molecule has 2 aromatic rings. The number of hydrogen-bond acceptors (Lipinski definition) is 5. The summed E-state index contributed by atoms with van der Waals surface area (Å²) in [4.78, 5) is 26.4. The van der Waals surface area contributed by atoms with Crippen LogP contribution in [0.15, 0.2) is 30.5 Å². The average molecular weight is 369 g/mol. The number of fused-ring (bicyclic) bond motifs is 1. The van der Waals surface area contributed by atoms with Gasteiger partial charge in [-0.2, -0.15) is 0 Å². The zero-order valence-corrected chi connectivity index (χ0v) is 15.0. The third kappa shape index (κ3) is 3.71. The quantitative estimate of drug-likeness (QED) is 0.724. The molecular formula is C19H23N5O3. The topological polar surface area (TPSA) is 100 Å². The van der Waals surface area contributed by atoms with E-state index in [9.17, 15) is 9.59 Å². The minimum atomic E-state index is -0.604. The first-order chi connectivity index (χ1) is 13.1. The Bertz CT molecular complexity index is 849. The molecule has 2 aliphatic rings. The van der Waals surface area contributed by atoms with Crippen LogP contribution in [0, 0.1) is 5.92 Å². The number of urea groups is 1. The van der Waals surface area contributed by atoms with Crippen molar-refractivity contribution in [1.29, 1.82) is 0 Å². The molecule has 142 valence electrons. The van der Waals surface area contributed by atoms with Gasteiger partial charge in [0.15, 0.2) is 0 Å². The number of benzene rings is 1. The number of rotatable bonds is 6. The summed E-state index contributed by atoms with van der Waals surface area (Å²) in [5.41, 5.74) is 3.31. The fourth-order valence-corrected chi connectivity index (χ4v) is 3.93. The second-order valence-corrected chi connectivity index (χ2v) is 7.23. The number of aliphatic hydroxyl groups is 1. The zero-order valence-electron chi connectivity index (χ0n) is 15.0. The van der Waals surface area contributed by atoms with Crippen LogP contribution in [-0.2, 0) is 30.6 Å². The minimum absolute atomic E-state index is 0.0276. The van der Waals surface area contributed by atoms with Crippen molar-refractivity contribution in [3.63, 3.8) is 0 Å². The van der Waals surface area contributed by atoms with Crippen molar-refractivity contribution in [3.05, 3.63) is 47.3 Å². The SMILES string of the molecule is O=C1N[C@H](Cc2cn(CCO)nn2)C(=O)N1C[C@@H]1CCc2ccccc2C1. The lowest BCUT2D eigenvalue weighted by Crippen LogP contribution is -2.37. The highest BCUT2D eigenvalue weighted by atomic mass is 16.3. The third-order valence-corrected chi connectivity index (χ3v) is 5.33. The summed E-state index contributed by atoms with van der Waals surface area (Å²) in [6.45, 7) is 0.778. The Morgan fingerprint density at radius 1 is 1.22 bits per heavy atom. The molecule has 2 N–H and O–H groups in total. The minimum Gasteiger partial charge on any atom is -0.394 e. The van der Waals surface area contributed by atoms with Crippen molar-refractivity contribution in [2.45, 2.75) is 38.3 Å². The van der Waals surface area contributed by atoms with Gasteiger partial charge in [-0.15, -0.1) is 5.10 Å². The largest absolute Gasteiger partial charge is 0.394 e. The second kappa shape index (κ2) is 7.48. The molecular weight excluding hydrogens is 346 g/mol. The monoisotopic (exact) mass is 369 g/mol. The van der Waals surface area contributed by atoms with Gasteiger partial charge in [-0.3, -0.25) is 9.69 Å². The number of nitrogens with zero attached hydrogens (tertiary/aromatic N) is 4. The van der Waals surface area contributed by atoms with Crippen molar-refractivity contribution >= 4 is 11.9 Å². The predicted molar refractivity (Wildman–Crippen MR) is 96.8 cm³/mol. The number of amides is 3. The van der Waals surface area contributed by atoms with Crippen LogP contribution in [0.1, 0.15) is 23.2 Å². The first kappa shape index (κ1) is 17.7. The molecule has 0 bridgehead atoms. The highest BCUT2D eigenvalue weighted by molar-refractivity contribution is 6.04. The van der Waals surface area contributed by atoms with Gasteiger partial charge >= 0.3 is 6.03 Å². The molecule has 0 spiro atoms. The van der Waals surface area contributed by atoms with E-state index in [0.717, 1.165) is 19.3 Å². The van der Waals surface area contributed by atoms with Crippen LogP contribution in [0.2, 0.25) is 0 Å². The molecule has 1 fully saturated rings. The van der Waals surface area contributed by atoms with Crippen LogP contribution in [0.4, 0.5) is 4.79 Å². The maximum absolute atomic E-state index is 12.7. The van der Waals surface area contributed by atoms with E-state index in [2.05, 4.69) is 33.8 Å². The summed E-state index contributed by atoms with van der Waals surface area (Å²) in [6, 6.07) is 7.44. The number of aromatic nitrogens is 3. The summed E-state index contributed by atoms with van der Waals surface area (Å²) in [6.07, 6.45) is 4.86. The van der Waals surface area contributed by atoms with E-state index in [1.807, 2.05) is 6.07 Å². The first-order valence-corrected chi connectivity index (χ1v) is 9.32. The number of hydrogen-bond donors (Lipinski definition) is 2. The highest BCUT2D eigenvalue weighted by Crippen LogP contribution is 2.27. The fourth-order valence-electron chi connectivity index (χ4n) is 3.93. The Morgan fingerprint density at radius 2 is 2.04 bits per heavy atom. The lowest BCUT2D eigenvalue weighted by molar-refractivity contribution is -0.127. The molecule has 2 atom stereocenters. The van der Waals surface area contributed by atoms with E-state index in [4.69, 9.17) is 5.11 Å². The molecule has 4 rings (SSSR count). The molecule has 1 aliphatic heterocycles. The van der Waals surface area contributed by atoms with Gasteiger partial charge in [0.2, 0.25) is 0 Å². The summed E-state index contributed by atoms with van der Waals surface area (Å²) < 4.78 is 1.52. The molecule has 0 saturated carbocycles. The molecule has 8 heteroatoms. The van der Waals surface area contributed by atoms with Crippen LogP contribution < -0.4 is 5.32 Å². The fraction of sp³-hybridized carbons (Fsp3) is 0.474. The maximum atomic E-state index is 12.7. The van der Waals surface area contributed by atoms with Crippen LogP contribution in [0.5, 0.6) is 0 Å². The number of nitrogens with one attached hydrogen (secondary N) is 1. The molecule has 1 aromatic carbocycles. The van der Waals surface area contributed by atoms with Crippen molar-refractivity contribution in [3.8, 4) is 0 Å². The molecule has 1 saturated heterocycles. The smallest absolute Gasteiger partial charge is 0.324 e. The van der Waals surface area contributed by atoms with Gasteiger partial charge in [0.05, 0.1) is 18.8 Å². The van der Waals surface area contributed by atoms with E-state index in [1.165, 1.54) is 20.7 Å². The summed E-state index contributed by atoms with van der Waals surface area (Å²) in [5, 5.41) is 19.6. The molecule has 2 heterocycles. The van der Waals surface area contributed by atoms with Crippen LogP contribution in [-0.4, -0.2) is 56.1 Å². The number of carbonyl (C=O) groups excluding carboxylic acids is 2. The zero-order chi connectivity index (χ0) is 18.8. The third-order valence-electron chi connectivity index (χ3n) is 5.33. The van der Waals surface area contributed by atoms with Crippen LogP contribution >= 0.6 is 0 Å². The standard InChI is InChI=1S/C19H23N5O3/c25-8-7-23-12-16(21-22-23)10-17-18(26)24(19(27)20-17)11-13-5-6-14-3-1-2-4-15(14)9-13/h1-4,12-13,17,25H,5-11H2,(H,20,27)/t13-,17-/m1/s1. The number of carbonyl (C=O) groups is 2. The Hall–Kier alpha value is -2.74. The van der Waals surface area contributed by atoms with E-state index < -0.39 is 6.04 Å². The van der Waals surface area contributed by atoms with Gasteiger partial charge in [0.25, 0.3) is 5.91 Å². The molecule has 0 radical (unpaired) electrons. The predicted octanol–water partition coefficient (Wildman–Crippen LogP) is 0.538. The van der Waals surface area contributed by atoms with E-state index in [0.29, 0.717) is 31.1 Å². The summed E-state index contributed by atoms with van der Waals surface area (Å²) >= 11 is 0. The molecule has 8 nitrogen and oxygen atoms in total. The lowest BCUT2D eigenvalue weighted by Gasteiger charge is -2.27. The van der Waals surface area contributed by atoms with E-state index in [-0.39, 0.29) is 18.5 Å². The van der Waals surface area contributed by atoms with Gasteiger partial charge in [-0.05, 0) is 36.3 Å². The Kier molecular flexibility index (Phi) is 4.89. The number of imide groups is 1. The maximum Gasteiger partial charge on any atom is 0.324 e. The summed E-state index contributed by atoms with van der Waals surface area (Å²) in [5.74, 6) is 0.0920. The van der Waals surface area contributed by atoms with Crippen LogP contribution in [0.25, 0.3) is 0 Å². The van der Waals surface area contributed by atoms with E-state index >= 15 is 0 Å². The number of aliphatic hydroxyl groups excluding tert-OH is 1. The van der Waals surface area contributed by atoms with E-state index in [1.54, 1.807) is 6.20 Å². The Morgan fingerprint density at radius 3 is 2.85 bits per heavy atom. The lowest BCUT2D eigenvalue weighted by atomic mass is 9.83. The van der Waals surface area contributed by atoms with Gasteiger partial charge in [-0.1, -0.05) is 29.5 Å². The first-order valence-electron chi connectivity index (χ1n) is 9.32. The van der Waals surface area contributed by atoms with Crippen molar-refractivity contribution in [2.75, 3.05) is 13.2 Å². The molecule has 27 heavy (non-hydrogen) atoms. The summed E-state index contributed by atoms with van der Waals surface area (Å²) in [7, 11) is 0. The molecule has 3 amide bonds. The normalized spacial score (nSPS) is 22.0. The number of aryl methyl sites for hydroxylation is 1. The van der Waals surface area contributed by atoms with Crippen molar-refractivity contribution in [2.24, 2.45) is 5.92 Å². The Balaban J connectivity index is 1.38. The average Bonchev–Trinajstić information content (AvgIpc) is 3.22. The van der Waals surface area contributed by atoms with Crippen molar-refractivity contribution < 1.29 is 14.7 Å². The molecule has 0 unspecified atom stereocenters. The van der Waals surface area contributed by atoms with Crippen molar-refractivity contribution in [1.82, 2.24) is 25.2 Å². The van der Waals surface area contributed by atoms with Gasteiger partial charge in [-0.25, -0.2) is 9.48 Å². The molecule has 1 aromatic heterocycles. The molecule has 1 aliphatic carbocycles. The van der Waals surface area contributed by atoms with Crippen LogP contribution in [0.3, 0.4) is 0 Å².